The Morgan fingerprint density at radius 3 is 2.65 bits per heavy atom. The van der Waals surface area contributed by atoms with Gasteiger partial charge in [-0.25, -0.2) is 0 Å². The molecule has 1 aromatic carbocycles. The van der Waals surface area contributed by atoms with Crippen molar-refractivity contribution >= 4 is 11.6 Å². The first-order chi connectivity index (χ1) is 7.98. The minimum absolute atomic E-state index is 0.117. The van der Waals surface area contributed by atoms with E-state index in [0.717, 1.165) is 24.9 Å². The lowest BCUT2D eigenvalue weighted by atomic mass is 9.98. The molecule has 0 aliphatic rings. The van der Waals surface area contributed by atoms with Crippen molar-refractivity contribution in [2.45, 2.75) is 45.7 Å². The van der Waals surface area contributed by atoms with E-state index in [4.69, 9.17) is 16.9 Å². The summed E-state index contributed by atoms with van der Waals surface area (Å²) in [5.41, 5.74) is 1.76. The fourth-order valence-electron chi connectivity index (χ4n) is 1.81. The van der Waals surface area contributed by atoms with Crippen LogP contribution in [0.3, 0.4) is 0 Å². The number of nitrogens with one attached hydrogen (secondary N) is 1. The van der Waals surface area contributed by atoms with Crippen LogP contribution in [0, 0.1) is 11.3 Å². The highest BCUT2D eigenvalue weighted by Gasteiger charge is 2.15. The molecule has 0 aromatic heterocycles. The van der Waals surface area contributed by atoms with Crippen LogP contribution < -0.4 is 5.32 Å². The second kappa shape index (κ2) is 6.05. The average molecular weight is 251 g/mol. The molecule has 92 valence electrons. The Morgan fingerprint density at radius 2 is 2.12 bits per heavy atom. The van der Waals surface area contributed by atoms with E-state index in [9.17, 15) is 0 Å². The van der Waals surface area contributed by atoms with Crippen LogP contribution in [0.15, 0.2) is 18.2 Å². The lowest BCUT2D eigenvalue weighted by molar-refractivity contribution is 0.357. The molecule has 0 unspecified atom stereocenters. The first kappa shape index (κ1) is 14.0. The summed E-state index contributed by atoms with van der Waals surface area (Å²) in [5.74, 6) is 0. The zero-order chi connectivity index (χ0) is 12.9. The van der Waals surface area contributed by atoms with Crippen LogP contribution in [0.1, 0.15) is 44.7 Å². The molecule has 0 bridgehead atoms. The number of halogens is 1. The van der Waals surface area contributed by atoms with Crippen molar-refractivity contribution in [1.29, 1.82) is 5.26 Å². The van der Waals surface area contributed by atoms with E-state index >= 15 is 0 Å². The fraction of sp³-hybridized carbons (Fsp3) is 0.500. The molecular formula is C14H19ClN2. The van der Waals surface area contributed by atoms with Crippen molar-refractivity contribution in [2.24, 2.45) is 0 Å². The van der Waals surface area contributed by atoms with E-state index in [0.29, 0.717) is 10.6 Å². The number of rotatable bonds is 5. The molecule has 0 saturated carbocycles. The van der Waals surface area contributed by atoms with Crippen LogP contribution in [0.4, 0.5) is 0 Å². The van der Waals surface area contributed by atoms with E-state index < -0.39 is 0 Å². The van der Waals surface area contributed by atoms with Gasteiger partial charge in [0.1, 0.15) is 0 Å². The largest absolute Gasteiger partial charge is 0.308 e. The minimum Gasteiger partial charge on any atom is -0.308 e. The smallest absolute Gasteiger partial charge is 0.0992 e. The lowest BCUT2D eigenvalue weighted by Crippen LogP contribution is -2.38. The van der Waals surface area contributed by atoms with Crippen LogP contribution >= 0.6 is 11.6 Å². The molecule has 0 amide bonds. The van der Waals surface area contributed by atoms with Gasteiger partial charge in [0.05, 0.1) is 11.6 Å². The predicted octanol–water partition coefficient (Wildman–Crippen LogP) is 3.88. The summed E-state index contributed by atoms with van der Waals surface area (Å²) in [6.45, 7) is 7.29. The number of nitriles is 1. The van der Waals surface area contributed by atoms with Crippen molar-refractivity contribution in [3.05, 3.63) is 34.3 Å². The third kappa shape index (κ3) is 4.38. The maximum absolute atomic E-state index is 8.76. The van der Waals surface area contributed by atoms with Gasteiger partial charge in [-0.1, -0.05) is 31.0 Å². The molecule has 0 atom stereocenters. The van der Waals surface area contributed by atoms with E-state index in [1.165, 1.54) is 0 Å². The molecule has 0 saturated heterocycles. The predicted molar refractivity (Wildman–Crippen MR) is 72.0 cm³/mol. The molecule has 1 N–H and O–H groups in total. The van der Waals surface area contributed by atoms with E-state index in [-0.39, 0.29) is 5.54 Å². The summed E-state index contributed by atoms with van der Waals surface area (Å²) in [4.78, 5) is 0. The molecule has 1 rings (SSSR count). The number of benzene rings is 1. The van der Waals surface area contributed by atoms with Crippen LogP contribution in [-0.4, -0.2) is 5.54 Å². The van der Waals surface area contributed by atoms with E-state index in [2.05, 4.69) is 32.2 Å². The molecule has 0 radical (unpaired) electrons. The normalized spacial score (nSPS) is 11.2. The summed E-state index contributed by atoms with van der Waals surface area (Å²) in [5, 5.41) is 12.9. The molecule has 0 aliphatic carbocycles. The Labute approximate surface area is 109 Å². The molecule has 0 fully saturated rings. The molecule has 1 aromatic rings. The molecule has 2 nitrogen and oxygen atoms in total. The molecular weight excluding hydrogens is 232 g/mol. The molecule has 0 aliphatic heterocycles. The van der Waals surface area contributed by atoms with Crippen molar-refractivity contribution in [1.82, 2.24) is 5.32 Å². The van der Waals surface area contributed by atoms with Gasteiger partial charge in [0.2, 0.25) is 0 Å². The second-order valence-electron chi connectivity index (χ2n) is 4.91. The van der Waals surface area contributed by atoms with Crippen LogP contribution in [-0.2, 0) is 6.54 Å². The summed E-state index contributed by atoms with van der Waals surface area (Å²) in [7, 11) is 0. The van der Waals surface area contributed by atoms with Gasteiger partial charge in [-0.05, 0) is 38.0 Å². The average Bonchev–Trinajstić information content (AvgIpc) is 2.27. The van der Waals surface area contributed by atoms with Gasteiger partial charge in [-0.15, -0.1) is 0 Å². The highest BCUT2D eigenvalue weighted by molar-refractivity contribution is 6.31. The van der Waals surface area contributed by atoms with E-state index in [1.54, 1.807) is 12.1 Å². The zero-order valence-corrected chi connectivity index (χ0v) is 11.4. The van der Waals surface area contributed by atoms with Gasteiger partial charge in [-0.2, -0.15) is 5.26 Å². The number of nitrogens with zero attached hydrogens (tertiary/aromatic N) is 1. The first-order valence-corrected chi connectivity index (χ1v) is 6.30. The summed E-state index contributed by atoms with van der Waals surface area (Å²) >= 11 is 6.12. The van der Waals surface area contributed by atoms with Crippen molar-refractivity contribution in [2.75, 3.05) is 0 Å². The Balaban J connectivity index is 2.67. The molecule has 3 heteroatoms. The second-order valence-corrected chi connectivity index (χ2v) is 5.31. The van der Waals surface area contributed by atoms with Gasteiger partial charge >= 0.3 is 0 Å². The van der Waals surface area contributed by atoms with Crippen LogP contribution in [0.5, 0.6) is 0 Å². The third-order valence-corrected chi connectivity index (χ3v) is 3.17. The Kier molecular flexibility index (Phi) is 4.99. The summed E-state index contributed by atoms with van der Waals surface area (Å²) < 4.78 is 0. The van der Waals surface area contributed by atoms with Crippen molar-refractivity contribution < 1.29 is 0 Å². The van der Waals surface area contributed by atoms with Gasteiger partial charge in [-0.3, -0.25) is 0 Å². The highest BCUT2D eigenvalue weighted by Crippen LogP contribution is 2.19. The highest BCUT2D eigenvalue weighted by atomic mass is 35.5. The van der Waals surface area contributed by atoms with Crippen LogP contribution in [0.2, 0.25) is 5.02 Å². The Morgan fingerprint density at radius 1 is 1.41 bits per heavy atom. The quantitative estimate of drug-likeness (QED) is 0.861. The molecule has 17 heavy (non-hydrogen) atoms. The van der Waals surface area contributed by atoms with Crippen molar-refractivity contribution in [3.8, 4) is 6.07 Å². The van der Waals surface area contributed by atoms with Crippen molar-refractivity contribution in [3.63, 3.8) is 0 Å². The maximum atomic E-state index is 8.76. The third-order valence-electron chi connectivity index (χ3n) is 2.81. The monoisotopic (exact) mass is 250 g/mol. The van der Waals surface area contributed by atoms with E-state index in [1.807, 2.05) is 6.07 Å². The number of hydrogen-bond acceptors (Lipinski definition) is 2. The standard InChI is InChI=1S/C14H19ClN2/c1-4-7-14(2,3)17-10-12-6-5-11(9-16)8-13(12)15/h5-6,8,17H,4,7,10H2,1-3H3. The lowest BCUT2D eigenvalue weighted by Gasteiger charge is -2.26. The Hall–Kier alpha value is -1.04. The maximum Gasteiger partial charge on any atom is 0.0992 e. The Bertz CT molecular complexity index is 419. The first-order valence-electron chi connectivity index (χ1n) is 5.92. The topological polar surface area (TPSA) is 35.8 Å². The number of hydrogen-bond donors (Lipinski definition) is 1. The van der Waals surface area contributed by atoms with Gasteiger partial charge in [0.25, 0.3) is 0 Å². The van der Waals surface area contributed by atoms with Gasteiger partial charge in [0.15, 0.2) is 0 Å². The van der Waals surface area contributed by atoms with Gasteiger partial charge < -0.3 is 5.32 Å². The molecule has 0 heterocycles. The minimum atomic E-state index is 0.117. The van der Waals surface area contributed by atoms with Crippen LogP contribution in [0.25, 0.3) is 0 Å². The van der Waals surface area contributed by atoms with Gasteiger partial charge in [0, 0.05) is 17.1 Å². The SMILES string of the molecule is CCCC(C)(C)NCc1ccc(C#N)cc1Cl. The zero-order valence-electron chi connectivity index (χ0n) is 10.7. The summed E-state index contributed by atoms with van der Waals surface area (Å²) in [6, 6.07) is 7.51. The molecule has 0 spiro atoms. The fourth-order valence-corrected chi connectivity index (χ4v) is 2.06. The summed E-state index contributed by atoms with van der Waals surface area (Å²) in [6.07, 6.45) is 2.28.